The molecule has 3 nitrogen and oxygen atoms in total. The first kappa shape index (κ1) is 17.1. The van der Waals surface area contributed by atoms with Crippen molar-refractivity contribution in [3.8, 4) is 11.5 Å². The van der Waals surface area contributed by atoms with Crippen LogP contribution >= 0.6 is 0 Å². The highest BCUT2D eigenvalue weighted by molar-refractivity contribution is 5.51. The Morgan fingerprint density at radius 1 is 1.00 bits per heavy atom. The van der Waals surface area contributed by atoms with Crippen LogP contribution in [0.1, 0.15) is 30.9 Å². The van der Waals surface area contributed by atoms with Crippen molar-refractivity contribution in [2.75, 3.05) is 7.11 Å². The van der Waals surface area contributed by atoms with Gasteiger partial charge in [0.2, 0.25) is 0 Å². The van der Waals surface area contributed by atoms with Crippen LogP contribution in [0.3, 0.4) is 0 Å². The van der Waals surface area contributed by atoms with Gasteiger partial charge in [0.25, 0.3) is 0 Å². The normalized spacial score (nSPS) is 12.3. The topological polar surface area (TPSA) is 38.7 Å². The first-order valence-electron chi connectivity index (χ1n) is 7.93. The molecule has 23 heavy (non-hydrogen) atoms. The summed E-state index contributed by atoms with van der Waals surface area (Å²) >= 11 is 0. The minimum Gasteiger partial charge on any atom is -0.497 e. The lowest BCUT2D eigenvalue weighted by molar-refractivity contribution is 0.212. The Hall–Kier alpha value is -2.26. The van der Waals surface area contributed by atoms with E-state index in [1.54, 1.807) is 7.11 Å². The van der Waals surface area contributed by atoms with Crippen LogP contribution in [-0.2, 0) is 6.61 Å². The fourth-order valence-electron chi connectivity index (χ4n) is 2.18. The van der Waals surface area contributed by atoms with Crippen molar-refractivity contribution in [1.29, 1.82) is 0 Å². The van der Waals surface area contributed by atoms with Crippen molar-refractivity contribution in [2.45, 2.75) is 32.5 Å². The van der Waals surface area contributed by atoms with Crippen LogP contribution in [0, 0.1) is 0 Å². The van der Waals surface area contributed by atoms with Crippen molar-refractivity contribution in [2.24, 2.45) is 0 Å². The van der Waals surface area contributed by atoms with E-state index in [0.29, 0.717) is 6.61 Å². The molecule has 1 N–H and O–H groups in total. The van der Waals surface area contributed by atoms with Crippen LogP contribution < -0.4 is 9.47 Å². The molecule has 0 aromatic heterocycles. The Morgan fingerprint density at radius 3 is 2.26 bits per heavy atom. The Balaban J connectivity index is 1.86. The SMILES string of the molecule is CCCC(O)/C=C/c1ccc(OCc2ccc(OC)cc2)cc1. The molecule has 0 heterocycles. The van der Waals surface area contributed by atoms with E-state index in [4.69, 9.17) is 9.47 Å². The molecule has 2 aromatic carbocycles. The van der Waals surface area contributed by atoms with Gasteiger partial charge < -0.3 is 14.6 Å². The van der Waals surface area contributed by atoms with Crippen molar-refractivity contribution < 1.29 is 14.6 Å². The van der Waals surface area contributed by atoms with Crippen LogP contribution in [0.4, 0.5) is 0 Å². The number of rotatable bonds is 8. The summed E-state index contributed by atoms with van der Waals surface area (Å²) in [5.41, 5.74) is 2.15. The molecule has 0 amide bonds. The van der Waals surface area contributed by atoms with Gasteiger partial charge in [0.1, 0.15) is 18.1 Å². The predicted molar refractivity (Wildman–Crippen MR) is 93.7 cm³/mol. The van der Waals surface area contributed by atoms with Crippen LogP contribution in [0.2, 0.25) is 0 Å². The van der Waals surface area contributed by atoms with E-state index in [1.807, 2.05) is 60.7 Å². The maximum Gasteiger partial charge on any atom is 0.119 e. The molecule has 1 atom stereocenters. The van der Waals surface area contributed by atoms with Gasteiger partial charge in [-0.25, -0.2) is 0 Å². The van der Waals surface area contributed by atoms with Gasteiger partial charge >= 0.3 is 0 Å². The maximum absolute atomic E-state index is 9.69. The van der Waals surface area contributed by atoms with E-state index in [1.165, 1.54) is 0 Å². The van der Waals surface area contributed by atoms with Crippen molar-refractivity contribution >= 4 is 6.08 Å². The average molecular weight is 312 g/mol. The zero-order valence-electron chi connectivity index (χ0n) is 13.7. The summed E-state index contributed by atoms with van der Waals surface area (Å²) in [5.74, 6) is 1.67. The largest absolute Gasteiger partial charge is 0.497 e. The van der Waals surface area contributed by atoms with Gasteiger partial charge in [-0.1, -0.05) is 49.8 Å². The molecule has 1 unspecified atom stereocenters. The highest BCUT2D eigenvalue weighted by Gasteiger charge is 1.99. The highest BCUT2D eigenvalue weighted by Crippen LogP contribution is 2.17. The molecular weight excluding hydrogens is 288 g/mol. The predicted octanol–water partition coefficient (Wildman–Crippen LogP) is 4.45. The second-order valence-corrected chi connectivity index (χ2v) is 5.42. The lowest BCUT2D eigenvalue weighted by Crippen LogP contribution is -1.99. The molecular formula is C20H24O3. The summed E-state index contributed by atoms with van der Waals surface area (Å²) in [7, 11) is 1.66. The highest BCUT2D eigenvalue weighted by atomic mass is 16.5. The molecule has 0 bridgehead atoms. The molecule has 3 heteroatoms. The van der Waals surface area contributed by atoms with E-state index in [2.05, 4.69) is 6.92 Å². The average Bonchev–Trinajstić information content (AvgIpc) is 2.60. The number of hydrogen-bond acceptors (Lipinski definition) is 3. The minimum absolute atomic E-state index is 0.369. The molecule has 122 valence electrons. The Kier molecular flexibility index (Phi) is 6.70. The zero-order chi connectivity index (χ0) is 16.5. The third-order valence-corrected chi connectivity index (χ3v) is 3.54. The Labute approximate surface area is 138 Å². The molecule has 0 aliphatic rings. The van der Waals surface area contributed by atoms with E-state index >= 15 is 0 Å². The van der Waals surface area contributed by atoms with Crippen LogP contribution in [0.5, 0.6) is 11.5 Å². The molecule has 0 radical (unpaired) electrons. The van der Waals surface area contributed by atoms with Crippen LogP contribution in [0.15, 0.2) is 54.6 Å². The number of aliphatic hydroxyl groups excluding tert-OH is 1. The lowest BCUT2D eigenvalue weighted by Gasteiger charge is -2.07. The molecule has 2 rings (SSSR count). The second kappa shape index (κ2) is 9.01. The van der Waals surface area contributed by atoms with Crippen LogP contribution in [0.25, 0.3) is 6.08 Å². The Bertz CT molecular complexity index is 600. The van der Waals surface area contributed by atoms with E-state index in [-0.39, 0.29) is 6.10 Å². The summed E-state index contributed by atoms with van der Waals surface area (Å²) in [5, 5.41) is 9.69. The van der Waals surface area contributed by atoms with Crippen molar-refractivity contribution in [1.82, 2.24) is 0 Å². The zero-order valence-corrected chi connectivity index (χ0v) is 13.7. The lowest BCUT2D eigenvalue weighted by atomic mass is 10.1. The third-order valence-electron chi connectivity index (χ3n) is 3.54. The summed E-state index contributed by atoms with van der Waals surface area (Å²) in [6.07, 6.45) is 5.17. The number of benzene rings is 2. The van der Waals surface area contributed by atoms with E-state index < -0.39 is 0 Å². The van der Waals surface area contributed by atoms with Crippen LogP contribution in [-0.4, -0.2) is 18.3 Å². The fraction of sp³-hybridized carbons (Fsp3) is 0.300. The third kappa shape index (κ3) is 5.80. The van der Waals surface area contributed by atoms with E-state index in [0.717, 1.165) is 35.5 Å². The summed E-state index contributed by atoms with van der Waals surface area (Å²) < 4.78 is 10.9. The monoisotopic (exact) mass is 312 g/mol. The second-order valence-electron chi connectivity index (χ2n) is 5.42. The summed E-state index contributed by atoms with van der Waals surface area (Å²) in [6, 6.07) is 15.7. The molecule has 0 spiro atoms. The number of methoxy groups -OCH3 is 1. The smallest absolute Gasteiger partial charge is 0.119 e. The van der Waals surface area contributed by atoms with Gasteiger partial charge in [0.05, 0.1) is 13.2 Å². The quantitative estimate of drug-likeness (QED) is 0.782. The fourth-order valence-corrected chi connectivity index (χ4v) is 2.18. The molecule has 2 aromatic rings. The summed E-state index contributed by atoms with van der Waals surface area (Å²) in [6.45, 7) is 2.58. The van der Waals surface area contributed by atoms with Crippen molar-refractivity contribution in [3.63, 3.8) is 0 Å². The van der Waals surface area contributed by atoms with Crippen molar-refractivity contribution in [3.05, 3.63) is 65.7 Å². The van der Waals surface area contributed by atoms with Gasteiger partial charge in [-0.2, -0.15) is 0 Å². The molecule has 0 aliphatic carbocycles. The Morgan fingerprint density at radius 2 is 1.65 bits per heavy atom. The standard InChI is InChI=1S/C20H24O3/c1-3-4-18(21)10-5-16-6-13-20(14-7-16)23-15-17-8-11-19(22-2)12-9-17/h5-14,18,21H,3-4,15H2,1-2H3/b10-5+. The molecule has 0 saturated carbocycles. The van der Waals surface area contributed by atoms with Gasteiger partial charge in [0.15, 0.2) is 0 Å². The first-order chi connectivity index (χ1) is 11.2. The number of ether oxygens (including phenoxy) is 2. The number of hydrogen-bond donors (Lipinski definition) is 1. The molecule has 0 fully saturated rings. The first-order valence-corrected chi connectivity index (χ1v) is 7.93. The maximum atomic E-state index is 9.69. The van der Waals surface area contributed by atoms with Gasteiger partial charge in [-0.3, -0.25) is 0 Å². The number of aliphatic hydroxyl groups is 1. The van der Waals surface area contributed by atoms with Gasteiger partial charge in [-0.15, -0.1) is 0 Å². The van der Waals surface area contributed by atoms with E-state index in [9.17, 15) is 5.11 Å². The van der Waals surface area contributed by atoms with Gasteiger partial charge in [-0.05, 0) is 41.8 Å². The van der Waals surface area contributed by atoms with Gasteiger partial charge in [0, 0.05) is 0 Å². The minimum atomic E-state index is -0.369. The molecule has 0 saturated heterocycles. The molecule has 0 aliphatic heterocycles. The summed E-state index contributed by atoms with van der Waals surface area (Å²) in [4.78, 5) is 0.